The molecule has 7 heteroatoms. The van der Waals surface area contributed by atoms with Crippen LogP contribution in [0.25, 0.3) is 0 Å². The third-order valence-corrected chi connectivity index (χ3v) is 3.64. The van der Waals surface area contributed by atoms with Crippen molar-refractivity contribution in [3.8, 4) is 5.75 Å². The molecule has 0 heterocycles. The molecule has 2 rings (SSSR count). The number of carbonyl (C=O) groups is 1. The third-order valence-electron chi connectivity index (χ3n) is 2.82. The molecule has 0 bridgehead atoms. The summed E-state index contributed by atoms with van der Waals surface area (Å²) in [6.07, 6.45) is 0. The zero-order chi connectivity index (χ0) is 16.7. The van der Waals surface area contributed by atoms with Crippen LogP contribution >= 0.6 is 28.1 Å². The first kappa shape index (κ1) is 17.2. The van der Waals surface area contributed by atoms with Gasteiger partial charge in [-0.15, -0.1) is 0 Å². The van der Waals surface area contributed by atoms with Gasteiger partial charge < -0.3 is 4.74 Å². The molecule has 0 aliphatic heterocycles. The molecule has 0 fully saturated rings. The smallest absolute Gasteiger partial charge is 0.257 e. The number of anilines is 1. The molecule has 3 N–H and O–H groups in total. The van der Waals surface area contributed by atoms with Gasteiger partial charge in [-0.05, 0) is 65.4 Å². The summed E-state index contributed by atoms with van der Waals surface area (Å²) in [6.45, 7) is 2.46. The first-order valence-corrected chi connectivity index (χ1v) is 8.15. The molecule has 0 saturated heterocycles. The Kier molecular flexibility index (Phi) is 6.37. The third kappa shape index (κ3) is 5.22. The van der Waals surface area contributed by atoms with E-state index < -0.39 is 0 Å². The minimum absolute atomic E-state index is 0.184. The highest BCUT2D eigenvalue weighted by atomic mass is 79.9. The van der Waals surface area contributed by atoms with E-state index in [0.29, 0.717) is 22.4 Å². The van der Waals surface area contributed by atoms with E-state index in [1.807, 2.05) is 37.3 Å². The number of hydrogen-bond donors (Lipinski definition) is 3. The molecule has 23 heavy (non-hydrogen) atoms. The number of amides is 1. The van der Waals surface area contributed by atoms with Crippen LogP contribution in [0, 0.1) is 0 Å². The van der Waals surface area contributed by atoms with Crippen LogP contribution in [0.2, 0.25) is 0 Å². The molecule has 0 unspecified atom stereocenters. The van der Waals surface area contributed by atoms with Crippen molar-refractivity contribution in [1.82, 2.24) is 10.7 Å². The number of para-hydroxylation sites is 1. The summed E-state index contributed by atoms with van der Waals surface area (Å²) < 4.78 is 6.13. The standard InChI is InChI=1S/C16H16BrN3O2S/c1-2-22-14-9-8-11(10-13(14)17)15(21)18-16(23)20-19-12-6-4-3-5-7-12/h3-10,19H,2H2,1H3,(H2,18,20,21,23). The van der Waals surface area contributed by atoms with Crippen molar-refractivity contribution < 1.29 is 9.53 Å². The van der Waals surface area contributed by atoms with Gasteiger partial charge in [0.2, 0.25) is 0 Å². The van der Waals surface area contributed by atoms with Gasteiger partial charge in [-0.2, -0.15) is 0 Å². The molecule has 5 nitrogen and oxygen atoms in total. The molecule has 2 aromatic carbocycles. The Morgan fingerprint density at radius 3 is 2.61 bits per heavy atom. The Hall–Kier alpha value is -2.12. The van der Waals surface area contributed by atoms with Gasteiger partial charge in [0, 0.05) is 5.56 Å². The van der Waals surface area contributed by atoms with Crippen molar-refractivity contribution in [3.63, 3.8) is 0 Å². The number of ether oxygens (including phenoxy) is 1. The van der Waals surface area contributed by atoms with E-state index in [4.69, 9.17) is 17.0 Å². The maximum Gasteiger partial charge on any atom is 0.257 e. The molecule has 0 radical (unpaired) electrons. The number of hydrazine groups is 1. The summed E-state index contributed by atoms with van der Waals surface area (Å²) in [4.78, 5) is 12.2. The number of carbonyl (C=O) groups excluding carboxylic acids is 1. The molecule has 0 saturated carbocycles. The first-order valence-electron chi connectivity index (χ1n) is 6.95. The van der Waals surface area contributed by atoms with E-state index in [1.54, 1.807) is 18.2 Å². The number of benzene rings is 2. The highest BCUT2D eigenvalue weighted by molar-refractivity contribution is 9.10. The van der Waals surface area contributed by atoms with Gasteiger partial charge in [0.1, 0.15) is 5.75 Å². The fourth-order valence-electron chi connectivity index (χ4n) is 1.77. The van der Waals surface area contributed by atoms with E-state index in [1.165, 1.54) is 0 Å². The minimum Gasteiger partial charge on any atom is -0.493 e. The zero-order valence-electron chi connectivity index (χ0n) is 12.4. The van der Waals surface area contributed by atoms with Crippen molar-refractivity contribution >= 4 is 44.9 Å². The Bertz CT molecular complexity index is 695. The summed E-state index contributed by atoms with van der Waals surface area (Å²) in [7, 11) is 0. The maximum absolute atomic E-state index is 12.2. The lowest BCUT2D eigenvalue weighted by Gasteiger charge is -2.12. The quantitative estimate of drug-likeness (QED) is 0.536. The Balaban J connectivity index is 1.90. The first-order chi connectivity index (χ1) is 11.1. The highest BCUT2D eigenvalue weighted by Crippen LogP contribution is 2.25. The van der Waals surface area contributed by atoms with Gasteiger partial charge in [-0.25, -0.2) is 0 Å². The van der Waals surface area contributed by atoms with Gasteiger partial charge in [-0.3, -0.25) is 21.0 Å². The average Bonchev–Trinajstić information content (AvgIpc) is 2.56. The van der Waals surface area contributed by atoms with Crippen LogP contribution in [0.15, 0.2) is 53.0 Å². The van der Waals surface area contributed by atoms with Crippen molar-refractivity contribution in [3.05, 3.63) is 58.6 Å². The number of hydrogen-bond acceptors (Lipinski definition) is 4. The summed E-state index contributed by atoms with van der Waals surface area (Å²) in [5.74, 6) is 0.386. The number of thiocarbonyl (C=S) groups is 1. The largest absolute Gasteiger partial charge is 0.493 e. The number of halogens is 1. The lowest BCUT2D eigenvalue weighted by Crippen LogP contribution is -2.41. The molecule has 0 aromatic heterocycles. The van der Waals surface area contributed by atoms with Crippen molar-refractivity contribution in [2.75, 3.05) is 12.0 Å². The monoisotopic (exact) mass is 393 g/mol. The fourth-order valence-corrected chi connectivity index (χ4v) is 2.41. The van der Waals surface area contributed by atoms with Crippen LogP contribution in [-0.2, 0) is 0 Å². The molecular weight excluding hydrogens is 378 g/mol. The van der Waals surface area contributed by atoms with Crippen molar-refractivity contribution in [1.29, 1.82) is 0 Å². The predicted molar refractivity (Wildman–Crippen MR) is 98.6 cm³/mol. The average molecular weight is 394 g/mol. The second-order valence-electron chi connectivity index (χ2n) is 4.48. The lowest BCUT2D eigenvalue weighted by atomic mass is 10.2. The van der Waals surface area contributed by atoms with Gasteiger partial charge in [0.15, 0.2) is 5.11 Å². The van der Waals surface area contributed by atoms with Crippen LogP contribution in [0.1, 0.15) is 17.3 Å². The lowest BCUT2D eigenvalue weighted by molar-refractivity contribution is 0.0976. The molecular formula is C16H16BrN3O2S. The maximum atomic E-state index is 12.2. The van der Waals surface area contributed by atoms with E-state index in [2.05, 4.69) is 32.1 Å². The van der Waals surface area contributed by atoms with Gasteiger partial charge in [0.05, 0.1) is 16.8 Å². The van der Waals surface area contributed by atoms with Crippen LogP contribution in [-0.4, -0.2) is 17.6 Å². The Morgan fingerprint density at radius 2 is 1.96 bits per heavy atom. The summed E-state index contributed by atoms with van der Waals surface area (Å²) >= 11 is 8.47. The van der Waals surface area contributed by atoms with Crippen molar-refractivity contribution in [2.24, 2.45) is 0 Å². The second kappa shape index (κ2) is 8.50. The van der Waals surface area contributed by atoms with Crippen LogP contribution in [0.5, 0.6) is 5.75 Å². The molecule has 0 aliphatic carbocycles. The van der Waals surface area contributed by atoms with E-state index in [9.17, 15) is 4.79 Å². The number of rotatable bonds is 5. The van der Waals surface area contributed by atoms with E-state index >= 15 is 0 Å². The summed E-state index contributed by atoms with van der Waals surface area (Å²) in [6, 6.07) is 14.6. The zero-order valence-corrected chi connectivity index (χ0v) is 14.8. The highest BCUT2D eigenvalue weighted by Gasteiger charge is 2.10. The second-order valence-corrected chi connectivity index (χ2v) is 5.74. The van der Waals surface area contributed by atoms with Crippen LogP contribution in [0.3, 0.4) is 0 Å². The summed E-state index contributed by atoms with van der Waals surface area (Å²) in [5.41, 5.74) is 6.98. The fraction of sp³-hybridized carbons (Fsp3) is 0.125. The molecule has 0 aliphatic rings. The minimum atomic E-state index is -0.305. The van der Waals surface area contributed by atoms with Gasteiger partial charge in [-0.1, -0.05) is 18.2 Å². The topological polar surface area (TPSA) is 62.4 Å². The molecule has 1 amide bonds. The van der Waals surface area contributed by atoms with E-state index in [-0.39, 0.29) is 11.0 Å². The Labute approximate surface area is 148 Å². The van der Waals surface area contributed by atoms with Crippen LogP contribution in [0.4, 0.5) is 5.69 Å². The summed E-state index contributed by atoms with van der Waals surface area (Å²) in [5, 5.41) is 2.79. The Morgan fingerprint density at radius 1 is 1.22 bits per heavy atom. The normalized spacial score (nSPS) is 9.83. The molecule has 120 valence electrons. The number of nitrogens with one attached hydrogen (secondary N) is 3. The van der Waals surface area contributed by atoms with E-state index in [0.717, 1.165) is 5.69 Å². The van der Waals surface area contributed by atoms with Gasteiger partial charge >= 0.3 is 0 Å². The SMILES string of the molecule is CCOc1ccc(C(=O)NC(=S)NNc2ccccc2)cc1Br. The molecule has 2 aromatic rings. The molecule has 0 atom stereocenters. The van der Waals surface area contributed by atoms with Crippen molar-refractivity contribution in [2.45, 2.75) is 6.92 Å². The van der Waals surface area contributed by atoms with Crippen LogP contribution < -0.4 is 20.9 Å². The molecule has 0 spiro atoms. The predicted octanol–water partition coefficient (Wildman–Crippen LogP) is 3.48. The van der Waals surface area contributed by atoms with Gasteiger partial charge in [0.25, 0.3) is 5.91 Å².